The standard InChI is InChI=1S/C14H18N2O/c1-9-5-6-13-11(7-9)12(8-16(13)4)14(17)10(2)15-3/h5-8,10,15H,1-4H3. The number of carbonyl (C=O) groups is 1. The van der Waals surface area contributed by atoms with Crippen LogP contribution in [0.5, 0.6) is 0 Å². The molecule has 2 aromatic rings. The molecule has 1 atom stereocenters. The van der Waals surface area contributed by atoms with Gasteiger partial charge in [-0.1, -0.05) is 11.6 Å². The summed E-state index contributed by atoms with van der Waals surface area (Å²) in [5.74, 6) is 0.142. The molecule has 17 heavy (non-hydrogen) atoms. The Balaban J connectivity index is 2.62. The Morgan fingerprint density at radius 2 is 2.12 bits per heavy atom. The van der Waals surface area contributed by atoms with Crippen LogP contribution >= 0.6 is 0 Å². The van der Waals surface area contributed by atoms with Crippen molar-refractivity contribution >= 4 is 16.7 Å². The van der Waals surface area contributed by atoms with Gasteiger partial charge in [-0.25, -0.2) is 0 Å². The maximum absolute atomic E-state index is 12.2. The van der Waals surface area contributed by atoms with Gasteiger partial charge >= 0.3 is 0 Å². The maximum atomic E-state index is 12.2. The number of nitrogens with zero attached hydrogens (tertiary/aromatic N) is 1. The Kier molecular flexibility index (Phi) is 3.03. The number of carbonyl (C=O) groups excluding carboxylic acids is 1. The highest BCUT2D eigenvalue weighted by molar-refractivity contribution is 6.10. The summed E-state index contributed by atoms with van der Waals surface area (Å²) in [5, 5.41) is 4.03. The van der Waals surface area contributed by atoms with E-state index in [1.807, 2.05) is 31.7 Å². The van der Waals surface area contributed by atoms with E-state index < -0.39 is 0 Å². The van der Waals surface area contributed by atoms with Crippen LogP contribution in [-0.2, 0) is 7.05 Å². The molecule has 0 bridgehead atoms. The first-order chi connectivity index (χ1) is 8.04. The fourth-order valence-corrected chi connectivity index (χ4v) is 2.07. The summed E-state index contributed by atoms with van der Waals surface area (Å²) in [5.41, 5.74) is 3.07. The highest BCUT2D eigenvalue weighted by atomic mass is 16.1. The third-order valence-corrected chi connectivity index (χ3v) is 3.24. The summed E-state index contributed by atoms with van der Waals surface area (Å²) in [6.45, 7) is 3.93. The highest BCUT2D eigenvalue weighted by Crippen LogP contribution is 2.23. The van der Waals surface area contributed by atoms with Crippen LogP contribution in [0.4, 0.5) is 0 Å². The Bertz CT molecular complexity index is 569. The molecule has 1 heterocycles. The van der Waals surface area contributed by atoms with Gasteiger partial charge in [0.15, 0.2) is 5.78 Å². The number of benzene rings is 1. The molecule has 3 heteroatoms. The summed E-state index contributed by atoms with van der Waals surface area (Å²) in [7, 11) is 3.78. The minimum Gasteiger partial charge on any atom is -0.350 e. The average Bonchev–Trinajstić information content (AvgIpc) is 2.64. The highest BCUT2D eigenvalue weighted by Gasteiger charge is 2.18. The van der Waals surface area contributed by atoms with Gasteiger partial charge in [0.25, 0.3) is 0 Å². The van der Waals surface area contributed by atoms with Gasteiger partial charge in [-0.05, 0) is 33.0 Å². The molecule has 0 saturated carbocycles. The summed E-state index contributed by atoms with van der Waals surface area (Å²) >= 11 is 0. The molecule has 1 N–H and O–H groups in total. The average molecular weight is 230 g/mol. The number of nitrogens with one attached hydrogen (secondary N) is 1. The lowest BCUT2D eigenvalue weighted by Gasteiger charge is -2.07. The van der Waals surface area contributed by atoms with E-state index in [4.69, 9.17) is 0 Å². The van der Waals surface area contributed by atoms with Crippen molar-refractivity contribution in [2.24, 2.45) is 7.05 Å². The molecule has 0 aliphatic carbocycles. The molecular formula is C14H18N2O. The van der Waals surface area contributed by atoms with E-state index in [0.29, 0.717) is 0 Å². The van der Waals surface area contributed by atoms with Crippen LogP contribution < -0.4 is 5.32 Å². The van der Waals surface area contributed by atoms with Crippen LogP contribution in [-0.4, -0.2) is 23.4 Å². The SMILES string of the molecule is CNC(C)C(=O)c1cn(C)c2ccc(C)cc12. The fourth-order valence-electron chi connectivity index (χ4n) is 2.07. The molecular weight excluding hydrogens is 212 g/mol. The lowest BCUT2D eigenvalue weighted by atomic mass is 10.0. The smallest absolute Gasteiger partial charge is 0.181 e. The quantitative estimate of drug-likeness (QED) is 0.821. The van der Waals surface area contributed by atoms with E-state index in [0.717, 1.165) is 16.5 Å². The lowest BCUT2D eigenvalue weighted by molar-refractivity contribution is 0.0956. The molecule has 0 aliphatic rings. The first-order valence-electron chi connectivity index (χ1n) is 5.81. The Morgan fingerprint density at radius 3 is 2.76 bits per heavy atom. The van der Waals surface area contributed by atoms with E-state index >= 15 is 0 Å². The number of Topliss-reactive ketones (excluding diaryl/α,β-unsaturated/α-hetero) is 1. The summed E-state index contributed by atoms with van der Waals surface area (Å²) < 4.78 is 2.00. The van der Waals surface area contributed by atoms with Crippen molar-refractivity contribution in [3.63, 3.8) is 0 Å². The minimum absolute atomic E-state index is 0.142. The van der Waals surface area contributed by atoms with Crippen LogP contribution in [0.1, 0.15) is 22.8 Å². The second-order valence-electron chi connectivity index (χ2n) is 4.55. The van der Waals surface area contributed by atoms with Crippen molar-refractivity contribution in [3.8, 4) is 0 Å². The number of fused-ring (bicyclic) bond motifs is 1. The van der Waals surface area contributed by atoms with Crippen LogP contribution in [0.25, 0.3) is 10.9 Å². The summed E-state index contributed by atoms with van der Waals surface area (Å²) in [6.07, 6.45) is 1.92. The van der Waals surface area contributed by atoms with Crippen molar-refractivity contribution in [1.82, 2.24) is 9.88 Å². The lowest BCUT2D eigenvalue weighted by Crippen LogP contribution is -2.30. The molecule has 3 nitrogen and oxygen atoms in total. The molecule has 0 spiro atoms. The normalized spacial score (nSPS) is 12.9. The van der Waals surface area contributed by atoms with Gasteiger partial charge in [0.1, 0.15) is 0 Å². The van der Waals surface area contributed by atoms with E-state index in [2.05, 4.69) is 23.5 Å². The van der Waals surface area contributed by atoms with E-state index in [-0.39, 0.29) is 11.8 Å². The van der Waals surface area contributed by atoms with Crippen molar-refractivity contribution in [2.45, 2.75) is 19.9 Å². The van der Waals surface area contributed by atoms with Gasteiger partial charge in [-0.2, -0.15) is 0 Å². The van der Waals surface area contributed by atoms with Gasteiger partial charge in [0.2, 0.25) is 0 Å². The zero-order chi connectivity index (χ0) is 12.6. The molecule has 1 aromatic heterocycles. The molecule has 0 amide bonds. The summed E-state index contributed by atoms with van der Waals surface area (Å²) in [4.78, 5) is 12.2. The molecule has 0 aliphatic heterocycles. The van der Waals surface area contributed by atoms with Crippen molar-refractivity contribution in [3.05, 3.63) is 35.5 Å². The van der Waals surface area contributed by atoms with E-state index in [1.165, 1.54) is 5.56 Å². The Labute approximate surface area is 101 Å². The monoisotopic (exact) mass is 230 g/mol. The number of hydrogen-bond donors (Lipinski definition) is 1. The third-order valence-electron chi connectivity index (χ3n) is 3.24. The van der Waals surface area contributed by atoms with Crippen LogP contribution in [0.2, 0.25) is 0 Å². The number of likely N-dealkylation sites (N-methyl/N-ethyl adjacent to an activating group) is 1. The van der Waals surface area contributed by atoms with Gasteiger partial charge in [0.05, 0.1) is 6.04 Å². The number of aromatic nitrogens is 1. The minimum atomic E-state index is -0.152. The number of aryl methyl sites for hydroxylation is 2. The Morgan fingerprint density at radius 1 is 1.41 bits per heavy atom. The van der Waals surface area contributed by atoms with Gasteiger partial charge in [-0.3, -0.25) is 4.79 Å². The van der Waals surface area contributed by atoms with E-state index in [1.54, 1.807) is 7.05 Å². The molecule has 1 unspecified atom stereocenters. The molecule has 0 fully saturated rings. The van der Waals surface area contributed by atoms with Crippen molar-refractivity contribution in [1.29, 1.82) is 0 Å². The maximum Gasteiger partial charge on any atom is 0.181 e. The molecule has 0 radical (unpaired) electrons. The second kappa shape index (κ2) is 4.34. The third kappa shape index (κ3) is 1.98. The predicted molar refractivity (Wildman–Crippen MR) is 70.5 cm³/mol. The van der Waals surface area contributed by atoms with Crippen LogP contribution in [0.3, 0.4) is 0 Å². The van der Waals surface area contributed by atoms with Gasteiger partial charge in [0, 0.05) is 29.7 Å². The van der Waals surface area contributed by atoms with Crippen molar-refractivity contribution < 1.29 is 4.79 Å². The van der Waals surface area contributed by atoms with Gasteiger partial charge in [-0.15, -0.1) is 0 Å². The topological polar surface area (TPSA) is 34.0 Å². The molecule has 90 valence electrons. The largest absolute Gasteiger partial charge is 0.350 e. The zero-order valence-electron chi connectivity index (χ0n) is 10.7. The number of ketones is 1. The first-order valence-corrected chi connectivity index (χ1v) is 5.81. The number of hydrogen-bond acceptors (Lipinski definition) is 2. The second-order valence-corrected chi connectivity index (χ2v) is 4.55. The first kappa shape index (κ1) is 11.9. The molecule has 1 aromatic carbocycles. The van der Waals surface area contributed by atoms with E-state index in [9.17, 15) is 4.79 Å². The number of rotatable bonds is 3. The molecule has 2 rings (SSSR count). The van der Waals surface area contributed by atoms with Crippen LogP contribution in [0.15, 0.2) is 24.4 Å². The summed E-state index contributed by atoms with van der Waals surface area (Å²) in [6, 6.07) is 6.05. The van der Waals surface area contributed by atoms with Crippen LogP contribution in [0, 0.1) is 6.92 Å². The Hall–Kier alpha value is -1.61. The predicted octanol–water partition coefficient (Wildman–Crippen LogP) is 2.28. The van der Waals surface area contributed by atoms with Gasteiger partial charge < -0.3 is 9.88 Å². The fraction of sp³-hybridized carbons (Fsp3) is 0.357. The zero-order valence-corrected chi connectivity index (χ0v) is 10.7. The van der Waals surface area contributed by atoms with Crippen molar-refractivity contribution in [2.75, 3.05) is 7.05 Å². The molecule has 0 saturated heterocycles.